The molecule has 1 amide bonds. The van der Waals surface area contributed by atoms with Crippen molar-refractivity contribution in [3.05, 3.63) is 60.8 Å². The predicted octanol–water partition coefficient (Wildman–Crippen LogP) is 4.87. The maximum atomic E-state index is 13.3. The third-order valence-electron chi connectivity index (χ3n) is 14.5. The minimum absolute atomic E-state index is 0.213. The lowest BCUT2D eigenvalue weighted by Crippen LogP contribution is -2.66. The molecule has 17 atom stereocenters. The second-order valence-electron chi connectivity index (χ2n) is 21.1. The van der Waals surface area contributed by atoms with Gasteiger partial charge in [-0.3, -0.25) is 4.79 Å². The lowest BCUT2D eigenvalue weighted by atomic mass is 9.96. The predicted molar refractivity (Wildman–Crippen MR) is 295 cm³/mol. The summed E-state index contributed by atoms with van der Waals surface area (Å²) in [7, 11) is 0. The van der Waals surface area contributed by atoms with E-state index < -0.39 is 124 Å². The summed E-state index contributed by atoms with van der Waals surface area (Å²) < 4.78 is 34.2. The van der Waals surface area contributed by atoms with Gasteiger partial charge in [0.1, 0.15) is 73.2 Å². The van der Waals surface area contributed by atoms with Crippen molar-refractivity contribution < 1.29 is 89.4 Å². The summed E-state index contributed by atoms with van der Waals surface area (Å²) in [6, 6.07) is -1.00. The Bertz CT molecular complexity index is 1660. The molecule has 12 N–H and O–H groups in total. The molecule has 3 aliphatic heterocycles. The van der Waals surface area contributed by atoms with Crippen molar-refractivity contribution in [1.29, 1.82) is 0 Å². The van der Waals surface area contributed by atoms with E-state index in [4.69, 9.17) is 28.4 Å². The van der Waals surface area contributed by atoms with Crippen LogP contribution in [0.3, 0.4) is 0 Å². The summed E-state index contributed by atoms with van der Waals surface area (Å²) in [5, 5.41) is 120. The van der Waals surface area contributed by atoms with Gasteiger partial charge in [-0.25, -0.2) is 0 Å². The Hall–Kier alpha value is -2.51. The molecule has 3 fully saturated rings. The smallest absolute Gasteiger partial charge is 0.220 e. The first-order valence-electron chi connectivity index (χ1n) is 29.5. The Morgan fingerprint density at radius 3 is 1.41 bits per heavy atom. The number of carbonyl (C=O) groups excluding carboxylic acids is 1. The van der Waals surface area contributed by atoms with Crippen LogP contribution in [0.2, 0.25) is 0 Å². The van der Waals surface area contributed by atoms with Crippen LogP contribution in [-0.2, 0) is 33.2 Å². The molecule has 0 aromatic heterocycles. The van der Waals surface area contributed by atoms with Crippen LogP contribution in [0.25, 0.3) is 0 Å². The van der Waals surface area contributed by atoms with Gasteiger partial charge in [-0.15, -0.1) is 0 Å². The summed E-state index contributed by atoms with van der Waals surface area (Å²) in [6.07, 6.45) is 20.7. The monoisotopic (exact) mass is 1110 g/mol. The van der Waals surface area contributed by atoms with Crippen LogP contribution >= 0.6 is 0 Å². The molecule has 3 rings (SSSR count). The first kappa shape index (κ1) is 69.8. The molecule has 19 heteroatoms. The summed E-state index contributed by atoms with van der Waals surface area (Å²) in [5.41, 5.74) is 0. The van der Waals surface area contributed by atoms with E-state index in [9.17, 15) is 61.0 Å². The Kier molecular flexibility index (Phi) is 37.9. The van der Waals surface area contributed by atoms with Gasteiger partial charge in [-0.05, 0) is 70.6 Å². The molecule has 452 valence electrons. The molecule has 0 bridgehead atoms. The highest BCUT2D eigenvalue weighted by Gasteiger charge is 2.53. The molecular formula is C59H103NO18. The zero-order chi connectivity index (χ0) is 56.9. The van der Waals surface area contributed by atoms with Crippen LogP contribution in [0.5, 0.6) is 0 Å². The van der Waals surface area contributed by atoms with E-state index in [1.54, 1.807) is 6.08 Å². The van der Waals surface area contributed by atoms with Crippen molar-refractivity contribution in [2.24, 2.45) is 0 Å². The van der Waals surface area contributed by atoms with Gasteiger partial charge in [-0.1, -0.05) is 158 Å². The zero-order valence-corrected chi connectivity index (χ0v) is 46.9. The highest BCUT2D eigenvalue weighted by molar-refractivity contribution is 5.76. The van der Waals surface area contributed by atoms with E-state index in [2.05, 4.69) is 67.8 Å². The van der Waals surface area contributed by atoms with E-state index >= 15 is 0 Å². The lowest BCUT2D eigenvalue weighted by molar-refractivity contribution is -0.379. The summed E-state index contributed by atoms with van der Waals surface area (Å²) >= 11 is 0. The average Bonchev–Trinajstić information content (AvgIpc) is 3.43. The minimum Gasteiger partial charge on any atom is -0.394 e. The normalized spacial score (nSPS) is 30.9. The molecule has 3 aliphatic rings. The van der Waals surface area contributed by atoms with E-state index in [1.165, 1.54) is 64.2 Å². The van der Waals surface area contributed by atoms with Gasteiger partial charge in [-0.2, -0.15) is 0 Å². The number of carbonyl (C=O) groups is 1. The number of aliphatic hydroxyl groups excluding tert-OH is 11. The summed E-state index contributed by atoms with van der Waals surface area (Å²) in [4.78, 5) is 13.3. The second kappa shape index (κ2) is 42.3. The number of rotatable bonds is 42. The van der Waals surface area contributed by atoms with Crippen LogP contribution < -0.4 is 5.32 Å². The molecule has 19 nitrogen and oxygen atoms in total. The Morgan fingerprint density at radius 1 is 0.462 bits per heavy atom. The molecule has 0 aromatic carbocycles. The molecule has 3 heterocycles. The van der Waals surface area contributed by atoms with Crippen molar-refractivity contribution in [3.63, 3.8) is 0 Å². The minimum atomic E-state index is -1.98. The van der Waals surface area contributed by atoms with E-state index in [-0.39, 0.29) is 18.9 Å². The maximum absolute atomic E-state index is 13.3. The number of hydrogen-bond donors (Lipinski definition) is 12. The van der Waals surface area contributed by atoms with Gasteiger partial charge < -0.3 is 89.9 Å². The summed E-state index contributed by atoms with van der Waals surface area (Å²) in [6.45, 7) is 1.59. The number of amides is 1. The Morgan fingerprint density at radius 2 is 0.885 bits per heavy atom. The van der Waals surface area contributed by atoms with Gasteiger partial charge >= 0.3 is 0 Å². The molecule has 0 saturated carbocycles. The van der Waals surface area contributed by atoms with Crippen molar-refractivity contribution >= 4 is 5.91 Å². The summed E-state index contributed by atoms with van der Waals surface area (Å²) in [5.74, 6) is -0.308. The van der Waals surface area contributed by atoms with E-state index in [1.807, 2.05) is 6.08 Å². The van der Waals surface area contributed by atoms with Gasteiger partial charge in [0.05, 0.1) is 38.6 Å². The topological polar surface area (TPSA) is 307 Å². The third-order valence-corrected chi connectivity index (χ3v) is 14.5. The molecule has 0 radical (unpaired) electrons. The Labute approximate surface area is 465 Å². The largest absolute Gasteiger partial charge is 0.394 e. The number of ether oxygens (including phenoxy) is 6. The first-order valence-corrected chi connectivity index (χ1v) is 29.5. The lowest BCUT2D eigenvalue weighted by Gasteiger charge is -2.48. The van der Waals surface area contributed by atoms with E-state index in [0.717, 1.165) is 77.0 Å². The van der Waals surface area contributed by atoms with E-state index in [0.29, 0.717) is 12.8 Å². The highest BCUT2D eigenvalue weighted by atomic mass is 16.8. The number of allylic oxidation sites excluding steroid dienone is 9. The van der Waals surface area contributed by atoms with Gasteiger partial charge in [0.2, 0.25) is 5.91 Å². The molecule has 0 aliphatic carbocycles. The van der Waals surface area contributed by atoms with Crippen molar-refractivity contribution in [2.45, 2.75) is 279 Å². The first-order chi connectivity index (χ1) is 37.8. The number of unbranched alkanes of at least 4 members (excludes halogenated alkanes) is 18. The number of aliphatic hydroxyl groups is 11. The van der Waals surface area contributed by atoms with Crippen LogP contribution in [0.4, 0.5) is 0 Å². The van der Waals surface area contributed by atoms with Gasteiger partial charge in [0.25, 0.3) is 0 Å². The fourth-order valence-electron chi connectivity index (χ4n) is 9.61. The molecular weight excluding hydrogens is 1010 g/mol. The second-order valence-corrected chi connectivity index (χ2v) is 21.1. The van der Waals surface area contributed by atoms with Crippen LogP contribution in [0.15, 0.2) is 60.8 Å². The Balaban J connectivity index is 1.53. The highest BCUT2D eigenvalue weighted by Crippen LogP contribution is 2.33. The molecule has 0 spiro atoms. The van der Waals surface area contributed by atoms with Crippen LogP contribution in [-0.4, -0.2) is 193 Å². The van der Waals surface area contributed by atoms with Crippen LogP contribution in [0, 0.1) is 0 Å². The fourth-order valence-corrected chi connectivity index (χ4v) is 9.61. The van der Waals surface area contributed by atoms with Crippen LogP contribution in [0.1, 0.15) is 174 Å². The molecule has 78 heavy (non-hydrogen) atoms. The third kappa shape index (κ3) is 26.2. The maximum Gasteiger partial charge on any atom is 0.220 e. The molecule has 0 aromatic rings. The quantitative estimate of drug-likeness (QED) is 0.0287. The molecule has 17 unspecified atom stereocenters. The number of nitrogens with one attached hydrogen (secondary N) is 1. The average molecular weight is 1110 g/mol. The van der Waals surface area contributed by atoms with Gasteiger partial charge in [0.15, 0.2) is 18.9 Å². The van der Waals surface area contributed by atoms with Crippen molar-refractivity contribution in [3.8, 4) is 0 Å². The van der Waals surface area contributed by atoms with Gasteiger partial charge in [0, 0.05) is 6.42 Å². The SMILES string of the molecule is CCC/C=C\C/C=C\CCCCCCCC(=O)NC(COC1OC(CO)C(OC2OC(CO)C(OC3OC(CO)C(O)C(O)C3O)C(O)C2O)C(O)C1O)C(O)/C=C/CC/C=C/CC/C=C/CCCCCCCCCCCC. The number of hydrogen-bond acceptors (Lipinski definition) is 18. The van der Waals surface area contributed by atoms with Crippen molar-refractivity contribution in [1.82, 2.24) is 5.32 Å². The standard InChI is InChI=1S/C59H103NO18/c1-3-5-7-9-11-13-15-17-18-19-20-21-22-23-25-26-28-30-32-34-36-43(64)42(60-47(65)37-35-33-31-29-27-24-16-14-12-10-8-6-4-2)41-73-57-53(71)50(68)55(45(39-62)75-57)78-59-54(72)51(69)56(46(40-63)76-59)77-58-52(70)49(67)48(66)44(38-61)74-58/h8,10,14,16,21-22,26,28,34,36,42-46,48-59,61-64,66-72H,3-7,9,11-13,15,17-20,23-25,27,29-33,35,37-41H2,1-2H3,(H,60,65)/b10-8-,16-14-,22-21+,28-26+,36-34+. The fraction of sp³-hybridized carbons (Fsp3) is 0.814. The van der Waals surface area contributed by atoms with Crippen molar-refractivity contribution in [2.75, 3.05) is 26.4 Å². The molecule has 3 saturated heterocycles. The zero-order valence-electron chi connectivity index (χ0n) is 46.9.